The van der Waals surface area contributed by atoms with Gasteiger partial charge in [0.1, 0.15) is 4.90 Å². The Balaban J connectivity index is 1.94. The number of sulfonamides is 1. The third-order valence-electron chi connectivity index (χ3n) is 3.14. The molecule has 17 heavy (non-hydrogen) atoms. The Labute approximate surface area is 101 Å². The molecule has 1 aromatic heterocycles. The molecule has 1 saturated heterocycles. The van der Waals surface area contributed by atoms with Crippen LogP contribution in [0.25, 0.3) is 0 Å². The number of piperidine rings is 1. The lowest BCUT2D eigenvalue weighted by molar-refractivity contribution is 0.217. The number of aromatic amines is 1. The SMILES string of the molecule is CCN1CCC(NS(=O)(=O)c2cn[nH]c2)CC1. The van der Waals surface area contributed by atoms with Gasteiger partial charge in [0.25, 0.3) is 0 Å². The maximum absolute atomic E-state index is 11.9. The topological polar surface area (TPSA) is 78.1 Å². The number of aromatic nitrogens is 2. The second kappa shape index (κ2) is 5.16. The van der Waals surface area contributed by atoms with Crippen LogP contribution in [0.1, 0.15) is 19.8 Å². The average molecular weight is 258 g/mol. The molecule has 0 spiro atoms. The van der Waals surface area contributed by atoms with Crippen molar-refractivity contribution < 1.29 is 8.42 Å². The van der Waals surface area contributed by atoms with Crippen molar-refractivity contribution in [1.29, 1.82) is 0 Å². The Kier molecular flexibility index (Phi) is 3.80. The van der Waals surface area contributed by atoms with Crippen LogP contribution in [0.2, 0.25) is 0 Å². The van der Waals surface area contributed by atoms with Crippen molar-refractivity contribution >= 4 is 10.0 Å². The molecule has 96 valence electrons. The van der Waals surface area contributed by atoms with Gasteiger partial charge in [0, 0.05) is 12.2 Å². The molecule has 0 bridgehead atoms. The fourth-order valence-corrected chi connectivity index (χ4v) is 3.25. The van der Waals surface area contributed by atoms with Crippen molar-refractivity contribution in [2.24, 2.45) is 0 Å². The van der Waals surface area contributed by atoms with Crippen LogP contribution in [0.4, 0.5) is 0 Å². The van der Waals surface area contributed by atoms with Crippen LogP contribution in [0.5, 0.6) is 0 Å². The van der Waals surface area contributed by atoms with Crippen LogP contribution >= 0.6 is 0 Å². The van der Waals surface area contributed by atoms with E-state index in [0.717, 1.165) is 32.5 Å². The van der Waals surface area contributed by atoms with Crippen molar-refractivity contribution in [1.82, 2.24) is 19.8 Å². The van der Waals surface area contributed by atoms with Gasteiger partial charge < -0.3 is 4.90 Å². The van der Waals surface area contributed by atoms with E-state index in [1.807, 2.05) is 0 Å². The fraction of sp³-hybridized carbons (Fsp3) is 0.700. The van der Waals surface area contributed by atoms with Crippen LogP contribution in [-0.2, 0) is 10.0 Å². The second-order valence-corrected chi connectivity index (χ2v) is 5.98. The quantitative estimate of drug-likeness (QED) is 0.807. The lowest BCUT2D eigenvalue weighted by Gasteiger charge is -2.31. The van der Waals surface area contributed by atoms with E-state index in [0.29, 0.717) is 0 Å². The van der Waals surface area contributed by atoms with Crippen molar-refractivity contribution in [3.8, 4) is 0 Å². The zero-order valence-electron chi connectivity index (χ0n) is 9.89. The number of hydrogen-bond acceptors (Lipinski definition) is 4. The van der Waals surface area contributed by atoms with Crippen LogP contribution < -0.4 is 4.72 Å². The summed E-state index contributed by atoms with van der Waals surface area (Å²) in [7, 11) is -3.40. The second-order valence-electron chi connectivity index (χ2n) is 4.26. The minimum atomic E-state index is -3.40. The Morgan fingerprint density at radius 3 is 2.76 bits per heavy atom. The zero-order valence-corrected chi connectivity index (χ0v) is 10.7. The largest absolute Gasteiger partial charge is 0.303 e. The van der Waals surface area contributed by atoms with Gasteiger partial charge in [-0.3, -0.25) is 5.10 Å². The first-order chi connectivity index (χ1) is 8.12. The highest BCUT2D eigenvalue weighted by Crippen LogP contribution is 2.13. The molecular formula is C10H18N4O2S. The first-order valence-electron chi connectivity index (χ1n) is 5.85. The molecule has 0 unspecified atom stereocenters. The molecule has 1 aromatic rings. The van der Waals surface area contributed by atoms with Gasteiger partial charge in [-0.2, -0.15) is 5.10 Å². The smallest absolute Gasteiger partial charge is 0.243 e. The summed E-state index contributed by atoms with van der Waals surface area (Å²) in [6.45, 7) is 5.06. The minimum absolute atomic E-state index is 0.0395. The summed E-state index contributed by atoms with van der Waals surface area (Å²) in [5.41, 5.74) is 0. The Morgan fingerprint density at radius 2 is 2.24 bits per heavy atom. The molecular weight excluding hydrogens is 240 g/mol. The third-order valence-corrected chi connectivity index (χ3v) is 4.63. The molecule has 0 radical (unpaired) electrons. The molecule has 0 aliphatic carbocycles. The number of H-pyrrole nitrogens is 1. The van der Waals surface area contributed by atoms with E-state index >= 15 is 0 Å². The van der Waals surface area contributed by atoms with Gasteiger partial charge in [0.05, 0.1) is 6.20 Å². The normalized spacial score (nSPS) is 19.6. The zero-order chi connectivity index (χ0) is 12.3. The highest BCUT2D eigenvalue weighted by atomic mass is 32.2. The molecule has 0 atom stereocenters. The number of nitrogens with one attached hydrogen (secondary N) is 2. The average Bonchev–Trinajstić information content (AvgIpc) is 2.84. The van der Waals surface area contributed by atoms with Crippen molar-refractivity contribution in [3.05, 3.63) is 12.4 Å². The van der Waals surface area contributed by atoms with Crippen molar-refractivity contribution in [2.75, 3.05) is 19.6 Å². The Morgan fingerprint density at radius 1 is 1.53 bits per heavy atom. The fourth-order valence-electron chi connectivity index (χ4n) is 2.04. The van der Waals surface area contributed by atoms with E-state index in [2.05, 4.69) is 26.7 Å². The molecule has 0 saturated carbocycles. The van der Waals surface area contributed by atoms with Crippen LogP contribution in [0, 0.1) is 0 Å². The number of rotatable bonds is 4. The van der Waals surface area contributed by atoms with Crippen LogP contribution in [0.15, 0.2) is 17.3 Å². The van der Waals surface area contributed by atoms with E-state index in [9.17, 15) is 8.42 Å². The molecule has 1 fully saturated rings. The van der Waals surface area contributed by atoms with Crippen molar-refractivity contribution in [3.63, 3.8) is 0 Å². The maximum atomic E-state index is 11.9. The molecule has 1 aliphatic rings. The van der Waals surface area contributed by atoms with Gasteiger partial charge in [-0.25, -0.2) is 13.1 Å². The summed E-state index contributed by atoms with van der Waals surface area (Å²) < 4.78 is 26.6. The highest BCUT2D eigenvalue weighted by molar-refractivity contribution is 7.89. The number of nitrogens with zero attached hydrogens (tertiary/aromatic N) is 2. The molecule has 0 aromatic carbocycles. The molecule has 1 aliphatic heterocycles. The van der Waals surface area contributed by atoms with Crippen LogP contribution in [-0.4, -0.2) is 49.2 Å². The Bertz CT molecular complexity index is 435. The summed E-state index contributed by atoms with van der Waals surface area (Å²) in [6.07, 6.45) is 4.45. The van der Waals surface area contributed by atoms with Crippen LogP contribution in [0.3, 0.4) is 0 Å². The molecule has 2 rings (SSSR count). The van der Waals surface area contributed by atoms with Gasteiger partial charge in [0.2, 0.25) is 10.0 Å². The van der Waals surface area contributed by atoms with Gasteiger partial charge in [-0.15, -0.1) is 0 Å². The molecule has 7 heteroatoms. The minimum Gasteiger partial charge on any atom is -0.303 e. The van der Waals surface area contributed by atoms with Gasteiger partial charge >= 0.3 is 0 Å². The predicted molar refractivity (Wildman–Crippen MR) is 64.0 cm³/mol. The lowest BCUT2D eigenvalue weighted by Crippen LogP contribution is -2.44. The summed E-state index contributed by atoms with van der Waals surface area (Å²) in [4.78, 5) is 2.53. The lowest BCUT2D eigenvalue weighted by atomic mass is 10.1. The van der Waals surface area contributed by atoms with Gasteiger partial charge in [0.15, 0.2) is 0 Å². The van der Waals surface area contributed by atoms with E-state index in [1.165, 1.54) is 12.4 Å². The highest BCUT2D eigenvalue weighted by Gasteiger charge is 2.24. The summed E-state index contributed by atoms with van der Waals surface area (Å²) >= 11 is 0. The molecule has 0 amide bonds. The Hall–Kier alpha value is -0.920. The standard InChI is InChI=1S/C10H18N4O2S/c1-2-14-5-3-9(4-6-14)13-17(15,16)10-7-11-12-8-10/h7-9,13H,2-6H2,1H3,(H,11,12). The number of likely N-dealkylation sites (tertiary alicyclic amines) is 1. The molecule has 2 N–H and O–H groups in total. The van der Waals surface area contributed by atoms with Gasteiger partial charge in [-0.05, 0) is 32.5 Å². The molecule has 2 heterocycles. The van der Waals surface area contributed by atoms with E-state index < -0.39 is 10.0 Å². The summed E-state index contributed by atoms with van der Waals surface area (Å²) in [5.74, 6) is 0. The predicted octanol–water partition coefficient (Wildman–Crippen LogP) is 0.172. The van der Waals surface area contributed by atoms with Gasteiger partial charge in [-0.1, -0.05) is 6.92 Å². The first-order valence-corrected chi connectivity index (χ1v) is 7.33. The van der Waals surface area contributed by atoms with Crippen molar-refractivity contribution in [2.45, 2.75) is 30.7 Å². The maximum Gasteiger partial charge on any atom is 0.243 e. The van der Waals surface area contributed by atoms with E-state index in [-0.39, 0.29) is 10.9 Å². The number of hydrogen-bond donors (Lipinski definition) is 2. The van der Waals surface area contributed by atoms with E-state index in [4.69, 9.17) is 0 Å². The summed E-state index contributed by atoms with van der Waals surface area (Å²) in [6, 6.07) is 0.0395. The summed E-state index contributed by atoms with van der Waals surface area (Å²) in [5, 5.41) is 6.17. The third kappa shape index (κ3) is 3.05. The monoisotopic (exact) mass is 258 g/mol. The molecule has 6 nitrogen and oxygen atoms in total. The first kappa shape index (κ1) is 12.5. The van der Waals surface area contributed by atoms with E-state index in [1.54, 1.807) is 0 Å².